The monoisotopic (exact) mass is 416 g/mol. The maximum Gasteiger partial charge on any atom is 0.267 e. The van der Waals surface area contributed by atoms with E-state index < -0.39 is 5.82 Å². The highest BCUT2D eigenvalue weighted by atomic mass is 32.2. The van der Waals surface area contributed by atoms with E-state index in [1.807, 2.05) is 0 Å². The summed E-state index contributed by atoms with van der Waals surface area (Å²) < 4.78 is 15.9. The molecule has 3 aromatic rings. The van der Waals surface area contributed by atoms with Crippen LogP contribution >= 0.6 is 23.1 Å². The zero-order valence-electron chi connectivity index (χ0n) is 15.8. The van der Waals surface area contributed by atoms with Gasteiger partial charge in [0, 0.05) is 17.1 Å². The molecular formula is C21H21FN2O2S2. The first kappa shape index (κ1) is 19.3. The van der Waals surface area contributed by atoms with E-state index in [9.17, 15) is 14.0 Å². The third kappa shape index (κ3) is 3.53. The average Bonchev–Trinajstić information content (AvgIpc) is 3.00. The molecule has 0 amide bonds. The number of carbonyl (C=O) groups is 1. The minimum Gasteiger partial charge on any atom is -0.300 e. The molecule has 0 spiro atoms. The van der Waals surface area contributed by atoms with Crippen molar-refractivity contribution in [3.8, 4) is 5.69 Å². The molecule has 4 rings (SSSR count). The van der Waals surface area contributed by atoms with Crippen molar-refractivity contribution in [3.63, 3.8) is 0 Å². The fourth-order valence-corrected chi connectivity index (χ4v) is 6.07. The number of para-hydroxylation sites is 1. The Morgan fingerprint density at radius 3 is 2.93 bits per heavy atom. The molecule has 1 aromatic carbocycles. The first-order valence-electron chi connectivity index (χ1n) is 9.40. The number of thiophene rings is 1. The zero-order chi connectivity index (χ0) is 19.8. The molecular weight excluding hydrogens is 395 g/mol. The van der Waals surface area contributed by atoms with Crippen molar-refractivity contribution in [2.45, 2.75) is 44.7 Å². The molecule has 0 aliphatic heterocycles. The normalized spacial score (nSPS) is 16.3. The van der Waals surface area contributed by atoms with E-state index in [2.05, 4.69) is 6.92 Å². The van der Waals surface area contributed by atoms with Crippen LogP contribution < -0.4 is 5.56 Å². The van der Waals surface area contributed by atoms with Crippen LogP contribution in [0.25, 0.3) is 15.9 Å². The number of aromatic nitrogens is 2. The molecule has 0 saturated carbocycles. The minimum absolute atomic E-state index is 0.0777. The summed E-state index contributed by atoms with van der Waals surface area (Å²) in [6, 6.07) is 6.26. The van der Waals surface area contributed by atoms with Gasteiger partial charge in [-0.15, -0.1) is 11.3 Å². The van der Waals surface area contributed by atoms with Gasteiger partial charge in [0.25, 0.3) is 5.56 Å². The highest BCUT2D eigenvalue weighted by Crippen LogP contribution is 2.37. The van der Waals surface area contributed by atoms with Crippen LogP contribution in [0.4, 0.5) is 4.39 Å². The van der Waals surface area contributed by atoms with E-state index in [1.165, 1.54) is 34.2 Å². The molecule has 0 fully saturated rings. The third-order valence-corrected chi connectivity index (χ3v) is 7.17. The average molecular weight is 417 g/mol. The number of hydrogen-bond acceptors (Lipinski definition) is 5. The van der Waals surface area contributed by atoms with Gasteiger partial charge in [0.05, 0.1) is 11.1 Å². The number of fused-ring (bicyclic) bond motifs is 3. The predicted molar refractivity (Wildman–Crippen MR) is 112 cm³/mol. The Kier molecular flexibility index (Phi) is 5.38. The van der Waals surface area contributed by atoms with Gasteiger partial charge in [-0.25, -0.2) is 9.37 Å². The lowest BCUT2D eigenvalue weighted by Crippen LogP contribution is -2.23. The van der Waals surface area contributed by atoms with E-state index in [0.29, 0.717) is 28.6 Å². The molecule has 28 heavy (non-hydrogen) atoms. The smallest absolute Gasteiger partial charge is 0.267 e. The second-order valence-electron chi connectivity index (χ2n) is 7.32. The number of halogens is 1. The van der Waals surface area contributed by atoms with Gasteiger partial charge in [0.1, 0.15) is 16.4 Å². The summed E-state index contributed by atoms with van der Waals surface area (Å²) in [4.78, 5) is 31.5. The van der Waals surface area contributed by atoms with Gasteiger partial charge < -0.3 is 0 Å². The van der Waals surface area contributed by atoms with Crippen molar-refractivity contribution < 1.29 is 9.18 Å². The first-order valence-corrected chi connectivity index (χ1v) is 11.2. The van der Waals surface area contributed by atoms with Crippen molar-refractivity contribution in [1.82, 2.24) is 9.55 Å². The number of ketones is 1. The number of aryl methyl sites for hydroxylation is 1. The summed E-state index contributed by atoms with van der Waals surface area (Å²) >= 11 is 2.91. The van der Waals surface area contributed by atoms with Crippen LogP contribution in [0.15, 0.2) is 34.2 Å². The Balaban J connectivity index is 1.93. The molecule has 0 saturated heterocycles. The van der Waals surface area contributed by atoms with Crippen molar-refractivity contribution >= 4 is 39.1 Å². The van der Waals surface area contributed by atoms with E-state index in [0.717, 1.165) is 29.7 Å². The van der Waals surface area contributed by atoms with Crippen molar-refractivity contribution in [1.29, 1.82) is 0 Å². The van der Waals surface area contributed by atoms with Crippen LogP contribution in [0.5, 0.6) is 0 Å². The van der Waals surface area contributed by atoms with E-state index in [-0.39, 0.29) is 17.0 Å². The van der Waals surface area contributed by atoms with Gasteiger partial charge in [-0.1, -0.05) is 30.8 Å². The van der Waals surface area contributed by atoms with Gasteiger partial charge in [0.2, 0.25) is 0 Å². The Labute approximate surface area is 170 Å². The van der Waals surface area contributed by atoms with Crippen LogP contribution in [0.2, 0.25) is 0 Å². The molecule has 1 aliphatic rings. The van der Waals surface area contributed by atoms with Gasteiger partial charge in [0.15, 0.2) is 5.16 Å². The standard InChI is InChI=1S/C21H21FN2O2S2/c1-12-7-8-14-17(11-12)28-19-18(14)20(26)24(16-6-4-3-5-15(16)22)21(23-19)27-10-9-13(2)25/h3-6,12H,7-11H2,1-2H3/t12-/m0/s1. The first-order chi connectivity index (χ1) is 13.5. The van der Waals surface area contributed by atoms with Crippen molar-refractivity contribution in [2.24, 2.45) is 5.92 Å². The molecule has 0 radical (unpaired) electrons. The van der Waals surface area contributed by atoms with Gasteiger partial charge in [-0.3, -0.25) is 14.2 Å². The van der Waals surface area contributed by atoms with E-state index >= 15 is 0 Å². The minimum atomic E-state index is -0.461. The van der Waals surface area contributed by atoms with E-state index in [4.69, 9.17) is 4.98 Å². The fourth-order valence-electron chi connectivity index (χ4n) is 3.60. The second kappa shape index (κ2) is 7.79. The number of hydrogen-bond donors (Lipinski definition) is 0. The Bertz CT molecular complexity index is 1120. The number of Topliss-reactive ketones (excluding diaryl/α,β-unsaturated/α-hetero) is 1. The lowest BCUT2D eigenvalue weighted by molar-refractivity contribution is -0.116. The topological polar surface area (TPSA) is 52.0 Å². The van der Waals surface area contributed by atoms with Gasteiger partial charge >= 0.3 is 0 Å². The number of nitrogens with zero attached hydrogens (tertiary/aromatic N) is 2. The maximum absolute atomic E-state index is 14.6. The lowest BCUT2D eigenvalue weighted by Gasteiger charge is -2.18. The summed E-state index contributed by atoms with van der Waals surface area (Å²) in [5.74, 6) is 0.716. The number of carbonyl (C=O) groups excluding carboxylic acids is 1. The van der Waals surface area contributed by atoms with Crippen molar-refractivity contribution in [2.75, 3.05) is 5.75 Å². The van der Waals surface area contributed by atoms with Crippen molar-refractivity contribution in [3.05, 3.63) is 50.9 Å². The zero-order valence-corrected chi connectivity index (χ0v) is 17.5. The maximum atomic E-state index is 14.6. The molecule has 2 aromatic heterocycles. The molecule has 1 aliphatic carbocycles. The highest BCUT2D eigenvalue weighted by molar-refractivity contribution is 7.99. The SMILES string of the molecule is CC(=O)CCSc1nc2sc3c(c2c(=O)n1-c1ccccc1F)CC[C@H](C)C3. The molecule has 1 atom stereocenters. The summed E-state index contributed by atoms with van der Waals surface area (Å²) in [6.07, 6.45) is 3.26. The fraction of sp³-hybridized carbons (Fsp3) is 0.381. The molecule has 2 heterocycles. The highest BCUT2D eigenvalue weighted by Gasteiger charge is 2.25. The van der Waals surface area contributed by atoms with Crippen LogP contribution in [0.1, 0.15) is 37.1 Å². The molecule has 7 heteroatoms. The van der Waals surface area contributed by atoms with Crippen LogP contribution in [-0.4, -0.2) is 21.1 Å². The molecule has 0 N–H and O–H groups in total. The Morgan fingerprint density at radius 1 is 1.39 bits per heavy atom. The largest absolute Gasteiger partial charge is 0.300 e. The van der Waals surface area contributed by atoms with Gasteiger partial charge in [-0.05, 0) is 49.8 Å². The summed E-state index contributed by atoms with van der Waals surface area (Å²) in [6.45, 7) is 3.76. The molecule has 0 bridgehead atoms. The number of rotatable bonds is 5. The summed E-state index contributed by atoms with van der Waals surface area (Å²) in [7, 11) is 0. The van der Waals surface area contributed by atoms with Crippen LogP contribution in [-0.2, 0) is 17.6 Å². The number of thioether (sulfide) groups is 1. The number of benzene rings is 1. The van der Waals surface area contributed by atoms with Crippen LogP contribution in [0.3, 0.4) is 0 Å². The van der Waals surface area contributed by atoms with Gasteiger partial charge in [-0.2, -0.15) is 0 Å². The summed E-state index contributed by atoms with van der Waals surface area (Å²) in [5, 5.41) is 1.07. The Hall–Kier alpha value is -1.99. The van der Waals surface area contributed by atoms with E-state index in [1.54, 1.807) is 29.5 Å². The molecule has 146 valence electrons. The van der Waals surface area contributed by atoms with Crippen LogP contribution in [0, 0.1) is 11.7 Å². The molecule has 4 nitrogen and oxygen atoms in total. The molecule has 0 unspecified atom stereocenters. The second-order valence-corrected chi connectivity index (χ2v) is 9.46. The third-order valence-electron chi connectivity index (χ3n) is 5.08. The lowest BCUT2D eigenvalue weighted by atomic mass is 9.89. The quantitative estimate of drug-likeness (QED) is 0.444. The Morgan fingerprint density at radius 2 is 2.18 bits per heavy atom. The summed E-state index contributed by atoms with van der Waals surface area (Å²) in [5.41, 5.74) is 1.07. The predicted octanol–water partition coefficient (Wildman–Crippen LogP) is 4.78.